The van der Waals surface area contributed by atoms with Gasteiger partial charge in [-0.15, -0.1) is 0 Å². The van der Waals surface area contributed by atoms with Crippen LogP contribution in [0.1, 0.15) is 36.8 Å². The largest absolute Gasteiger partial charge is 0.394 e. The van der Waals surface area contributed by atoms with Crippen LogP contribution in [-0.2, 0) is 4.79 Å². The summed E-state index contributed by atoms with van der Waals surface area (Å²) in [6.07, 6.45) is 1.90. The van der Waals surface area contributed by atoms with Crippen molar-refractivity contribution in [3.8, 4) is 11.8 Å². The van der Waals surface area contributed by atoms with Crippen LogP contribution in [0.3, 0.4) is 0 Å². The van der Waals surface area contributed by atoms with Gasteiger partial charge in [0.2, 0.25) is 5.91 Å². The number of para-hydroxylation sites is 1. The molecular formula is C25H27N3O3. The zero-order chi connectivity index (χ0) is 21.8. The van der Waals surface area contributed by atoms with Crippen molar-refractivity contribution in [1.29, 1.82) is 0 Å². The molecule has 6 nitrogen and oxygen atoms in total. The van der Waals surface area contributed by atoms with Crippen molar-refractivity contribution in [3.63, 3.8) is 0 Å². The van der Waals surface area contributed by atoms with Gasteiger partial charge in [-0.25, -0.2) is 4.79 Å². The molecule has 0 aliphatic carbocycles. The van der Waals surface area contributed by atoms with Gasteiger partial charge >= 0.3 is 6.03 Å². The molecule has 2 saturated heterocycles. The number of aliphatic hydroxyl groups excluding tert-OH is 1. The molecule has 2 N–H and O–H groups in total. The van der Waals surface area contributed by atoms with E-state index in [1.807, 2.05) is 54.6 Å². The van der Waals surface area contributed by atoms with Gasteiger partial charge < -0.3 is 20.2 Å². The number of urea groups is 1. The number of amides is 3. The average Bonchev–Trinajstić information content (AvgIpc) is 2.77. The van der Waals surface area contributed by atoms with Crippen molar-refractivity contribution >= 4 is 17.6 Å². The van der Waals surface area contributed by atoms with E-state index in [-0.39, 0.29) is 43.1 Å². The van der Waals surface area contributed by atoms with Gasteiger partial charge in [0.1, 0.15) is 6.54 Å². The number of nitrogens with zero attached hydrogens (tertiary/aromatic N) is 2. The summed E-state index contributed by atoms with van der Waals surface area (Å²) in [7, 11) is 0. The normalized spacial score (nSPS) is 22.1. The molecule has 2 aromatic carbocycles. The van der Waals surface area contributed by atoms with Crippen LogP contribution in [0.2, 0.25) is 0 Å². The lowest BCUT2D eigenvalue weighted by molar-refractivity contribution is -0.159. The van der Waals surface area contributed by atoms with Crippen molar-refractivity contribution in [3.05, 3.63) is 65.7 Å². The zero-order valence-corrected chi connectivity index (χ0v) is 17.6. The van der Waals surface area contributed by atoms with E-state index in [9.17, 15) is 14.7 Å². The summed E-state index contributed by atoms with van der Waals surface area (Å²) in [5.74, 6) is 6.16. The molecule has 0 bridgehead atoms. The molecule has 2 heterocycles. The standard InChI is InChI=1S/C25H27N3O3/c1-2-3-5-8-18-11-13-19(14-12-18)24-21-15-27(16-23(30)28(21)22(24)17-29)25(31)26-20-9-6-4-7-10-20/h4,6-7,9-14,21-22,24,29H,2-3,15-17H2,1H3,(H,26,31)/t21-,22-,24+/m0/s1. The van der Waals surface area contributed by atoms with E-state index in [2.05, 4.69) is 24.1 Å². The van der Waals surface area contributed by atoms with E-state index in [0.717, 1.165) is 24.0 Å². The maximum Gasteiger partial charge on any atom is 0.322 e. The zero-order valence-electron chi connectivity index (χ0n) is 17.6. The number of fused-ring (bicyclic) bond motifs is 1. The molecule has 0 aromatic heterocycles. The fourth-order valence-corrected chi connectivity index (χ4v) is 4.46. The van der Waals surface area contributed by atoms with Crippen molar-refractivity contribution in [2.45, 2.75) is 37.8 Å². The van der Waals surface area contributed by atoms with Crippen LogP contribution in [0.5, 0.6) is 0 Å². The second-order valence-corrected chi connectivity index (χ2v) is 7.99. The van der Waals surface area contributed by atoms with Crippen molar-refractivity contribution in [2.75, 3.05) is 25.0 Å². The maximum atomic E-state index is 12.7. The molecule has 2 aromatic rings. The van der Waals surface area contributed by atoms with Gasteiger partial charge in [0.25, 0.3) is 0 Å². The lowest BCUT2D eigenvalue weighted by Gasteiger charge is -2.58. The summed E-state index contributed by atoms with van der Waals surface area (Å²) in [5.41, 5.74) is 2.71. The SMILES string of the molecule is CCCC#Cc1ccc([C@H]2[C@H](CO)N3C(=O)CN(C(=O)Nc4ccccc4)C[C@@H]23)cc1. The first-order chi connectivity index (χ1) is 15.1. The highest BCUT2D eigenvalue weighted by Crippen LogP contribution is 2.42. The smallest absolute Gasteiger partial charge is 0.322 e. The first kappa shape index (κ1) is 21.0. The minimum absolute atomic E-state index is 0.0149. The first-order valence-electron chi connectivity index (χ1n) is 10.7. The Hall–Kier alpha value is -3.30. The van der Waals surface area contributed by atoms with E-state index < -0.39 is 0 Å². The van der Waals surface area contributed by atoms with E-state index >= 15 is 0 Å². The lowest BCUT2D eigenvalue weighted by Crippen LogP contribution is -2.73. The first-order valence-corrected chi connectivity index (χ1v) is 10.7. The maximum absolute atomic E-state index is 12.7. The molecule has 2 fully saturated rings. The predicted molar refractivity (Wildman–Crippen MR) is 120 cm³/mol. The quantitative estimate of drug-likeness (QED) is 0.751. The Kier molecular flexibility index (Phi) is 6.24. The van der Waals surface area contributed by atoms with E-state index in [1.54, 1.807) is 9.80 Å². The van der Waals surface area contributed by atoms with Crippen molar-refractivity contribution < 1.29 is 14.7 Å². The molecule has 0 radical (unpaired) electrons. The fourth-order valence-electron chi connectivity index (χ4n) is 4.46. The minimum atomic E-state index is -0.285. The summed E-state index contributed by atoms with van der Waals surface area (Å²) in [4.78, 5) is 28.8. The van der Waals surface area contributed by atoms with E-state index in [0.29, 0.717) is 12.2 Å². The van der Waals surface area contributed by atoms with Crippen molar-refractivity contribution in [2.24, 2.45) is 0 Å². The number of hydrogen-bond acceptors (Lipinski definition) is 3. The van der Waals surface area contributed by atoms with Gasteiger partial charge in [-0.1, -0.05) is 49.1 Å². The molecule has 0 saturated carbocycles. The van der Waals surface area contributed by atoms with Crippen LogP contribution in [0, 0.1) is 11.8 Å². The minimum Gasteiger partial charge on any atom is -0.394 e. The van der Waals surface area contributed by atoms with E-state index in [1.165, 1.54) is 0 Å². The highest BCUT2D eigenvalue weighted by atomic mass is 16.3. The summed E-state index contributed by atoms with van der Waals surface area (Å²) < 4.78 is 0. The summed E-state index contributed by atoms with van der Waals surface area (Å²) in [6, 6.07) is 16.5. The van der Waals surface area contributed by atoms with E-state index in [4.69, 9.17) is 0 Å². The fraction of sp³-hybridized carbons (Fsp3) is 0.360. The van der Waals surface area contributed by atoms with Gasteiger partial charge in [0.05, 0.1) is 18.7 Å². The summed E-state index contributed by atoms with van der Waals surface area (Å²) in [6.45, 7) is 2.46. The topological polar surface area (TPSA) is 72.9 Å². The Labute approximate surface area is 182 Å². The van der Waals surface area contributed by atoms with Crippen LogP contribution in [-0.4, -0.2) is 58.6 Å². The number of unbranched alkanes of at least 4 members (excludes halogenated alkanes) is 1. The predicted octanol–water partition coefficient (Wildman–Crippen LogP) is 3.04. The highest BCUT2D eigenvalue weighted by Gasteiger charge is 2.54. The Morgan fingerprint density at radius 3 is 2.58 bits per heavy atom. The molecule has 2 aliphatic rings. The Morgan fingerprint density at radius 2 is 1.90 bits per heavy atom. The van der Waals surface area contributed by atoms with Gasteiger partial charge in [0.15, 0.2) is 0 Å². The number of piperazine rings is 1. The second-order valence-electron chi connectivity index (χ2n) is 7.99. The molecule has 6 heteroatoms. The van der Waals surface area contributed by atoms with Crippen molar-refractivity contribution in [1.82, 2.24) is 9.80 Å². The monoisotopic (exact) mass is 417 g/mol. The number of anilines is 1. The third kappa shape index (κ3) is 4.28. The Morgan fingerprint density at radius 1 is 1.16 bits per heavy atom. The molecule has 4 rings (SSSR count). The second kappa shape index (κ2) is 9.23. The molecule has 31 heavy (non-hydrogen) atoms. The van der Waals surface area contributed by atoms with Crippen LogP contribution in [0.4, 0.5) is 10.5 Å². The van der Waals surface area contributed by atoms with Crippen LogP contribution < -0.4 is 5.32 Å². The van der Waals surface area contributed by atoms with Gasteiger partial charge in [-0.2, -0.15) is 0 Å². The third-order valence-corrected chi connectivity index (χ3v) is 5.97. The third-order valence-electron chi connectivity index (χ3n) is 5.97. The summed E-state index contributed by atoms with van der Waals surface area (Å²) >= 11 is 0. The Balaban J connectivity index is 1.49. The molecular weight excluding hydrogens is 390 g/mol. The number of aliphatic hydroxyl groups is 1. The Bertz CT molecular complexity index is 994. The number of carbonyl (C=O) groups excluding carboxylic acids is 2. The number of rotatable bonds is 4. The molecule has 0 spiro atoms. The molecule has 3 atom stereocenters. The van der Waals surface area contributed by atoms with Gasteiger partial charge in [-0.05, 0) is 36.2 Å². The number of carbonyl (C=O) groups is 2. The molecule has 2 aliphatic heterocycles. The highest BCUT2D eigenvalue weighted by molar-refractivity contribution is 5.93. The van der Waals surface area contributed by atoms with Crippen LogP contribution in [0.25, 0.3) is 0 Å². The molecule has 0 unspecified atom stereocenters. The van der Waals surface area contributed by atoms with Gasteiger partial charge in [0, 0.05) is 30.1 Å². The number of hydrogen-bond donors (Lipinski definition) is 2. The number of benzene rings is 2. The van der Waals surface area contributed by atoms with Gasteiger partial charge in [-0.3, -0.25) is 4.79 Å². The molecule has 160 valence electrons. The van der Waals surface area contributed by atoms with Crippen LogP contribution >= 0.6 is 0 Å². The van der Waals surface area contributed by atoms with Crippen LogP contribution in [0.15, 0.2) is 54.6 Å². The summed E-state index contributed by atoms with van der Waals surface area (Å²) in [5, 5.41) is 12.8. The average molecular weight is 418 g/mol. The lowest BCUT2D eigenvalue weighted by atomic mass is 9.73. The molecule has 3 amide bonds. The number of nitrogens with one attached hydrogen (secondary N) is 1.